The number of carbonyl (C=O) groups is 3. The molecule has 0 bridgehead atoms. The highest BCUT2D eigenvalue weighted by Crippen LogP contribution is 2.16. The number of carboxylic acid groups (broad SMARTS) is 1. The van der Waals surface area contributed by atoms with Crippen LogP contribution in [0.1, 0.15) is 29.5 Å². The molecule has 0 unspecified atom stereocenters. The molecule has 10 nitrogen and oxygen atoms in total. The third kappa shape index (κ3) is 5.58. The normalized spacial score (nSPS) is 10.2. The van der Waals surface area contributed by atoms with Gasteiger partial charge in [0.1, 0.15) is 0 Å². The van der Waals surface area contributed by atoms with E-state index in [1.165, 1.54) is 0 Å². The van der Waals surface area contributed by atoms with Crippen LogP contribution >= 0.6 is 0 Å². The lowest BCUT2D eigenvalue weighted by Crippen LogP contribution is -2.36. The van der Waals surface area contributed by atoms with Crippen LogP contribution in [-0.4, -0.2) is 51.4 Å². The first-order chi connectivity index (χ1) is 12.5. The van der Waals surface area contributed by atoms with E-state index < -0.39 is 18.0 Å². The van der Waals surface area contributed by atoms with E-state index in [1.807, 2.05) is 0 Å². The van der Waals surface area contributed by atoms with Gasteiger partial charge in [0.05, 0.1) is 13.0 Å². The number of ether oxygens (including phenoxy) is 1. The van der Waals surface area contributed by atoms with Crippen molar-refractivity contribution >= 4 is 18.0 Å². The molecule has 0 radical (unpaired) electrons. The van der Waals surface area contributed by atoms with Crippen molar-refractivity contribution in [1.82, 2.24) is 25.8 Å². The third-order valence-corrected chi connectivity index (χ3v) is 3.22. The molecule has 0 saturated heterocycles. The number of benzene rings is 1. The van der Waals surface area contributed by atoms with Gasteiger partial charge in [-0.2, -0.15) is 5.10 Å². The summed E-state index contributed by atoms with van der Waals surface area (Å²) in [7, 11) is 0. The zero-order valence-corrected chi connectivity index (χ0v) is 14.1. The third-order valence-electron chi connectivity index (χ3n) is 3.22. The predicted molar refractivity (Wildman–Crippen MR) is 90.3 cm³/mol. The Morgan fingerprint density at radius 3 is 2.81 bits per heavy atom. The van der Waals surface area contributed by atoms with Gasteiger partial charge in [-0.1, -0.05) is 18.2 Å². The first-order valence-electron chi connectivity index (χ1n) is 7.92. The van der Waals surface area contributed by atoms with E-state index in [-0.39, 0.29) is 31.9 Å². The molecule has 0 aliphatic heterocycles. The summed E-state index contributed by atoms with van der Waals surface area (Å²) in [6.45, 7) is 2.23. The van der Waals surface area contributed by atoms with Crippen molar-refractivity contribution < 1.29 is 24.2 Å². The number of hydrogen-bond donors (Lipinski definition) is 4. The Kier molecular flexibility index (Phi) is 6.66. The molecule has 138 valence electrons. The van der Waals surface area contributed by atoms with Crippen molar-refractivity contribution in [2.75, 3.05) is 13.2 Å². The number of aromatic nitrogens is 3. The maximum atomic E-state index is 11.6. The first kappa shape index (κ1) is 18.9. The summed E-state index contributed by atoms with van der Waals surface area (Å²) < 4.78 is 4.85. The van der Waals surface area contributed by atoms with Crippen molar-refractivity contribution in [3.63, 3.8) is 0 Å². The highest BCUT2D eigenvalue weighted by molar-refractivity contribution is 5.85. The van der Waals surface area contributed by atoms with Gasteiger partial charge >= 0.3 is 18.0 Å². The Morgan fingerprint density at radius 1 is 1.27 bits per heavy atom. The largest absolute Gasteiger partial charge is 0.481 e. The molecular weight excluding hydrogens is 342 g/mol. The lowest BCUT2D eigenvalue weighted by atomic mass is 10.1. The van der Waals surface area contributed by atoms with Gasteiger partial charge in [-0.05, 0) is 18.6 Å². The molecule has 1 aromatic carbocycles. The average molecular weight is 361 g/mol. The highest BCUT2D eigenvalue weighted by Gasteiger charge is 2.14. The number of hydrogen-bond acceptors (Lipinski definition) is 6. The summed E-state index contributed by atoms with van der Waals surface area (Å²) in [5.41, 5.74) is 1.46. The lowest BCUT2D eigenvalue weighted by Gasteiger charge is -2.07. The average Bonchev–Trinajstić information content (AvgIpc) is 3.10. The Bertz CT molecular complexity index is 789. The number of rotatable bonds is 8. The molecule has 0 atom stereocenters. The summed E-state index contributed by atoms with van der Waals surface area (Å²) in [5, 5.41) is 20.1. The Hall–Kier alpha value is -3.43. The minimum Gasteiger partial charge on any atom is -0.481 e. The number of H-pyrrole nitrogens is 1. The SMILES string of the molecule is CCOC(=O)c1nc(-c2cccc(CNC(=O)NCCC(=O)O)c2)n[nH]1. The Labute approximate surface area is 149 Å². The Balaban J connectivity index is 1.94. The first-order valence-corrected chi connectivity index (χ1v) is 7.92. The number of urea groups is 1. The van der Waals surface area contributed by atoms with Crippen molar-refractivity contribution in [2.24, 2.45) is 0 Å². The van der Waals surface area contributed by atoms with E-state index in [9.17, 15) is 14.4 Å². The zero-order valence-electron chi connectivity index (χ0n) is 14.1. The van der Waals surface area contributed by atoms with E-state index in [1.54, 1.807) is 31.2 Å². The fourth-order valence-corrected chi connectivity index (χ4v) is 2.03. The van der Waals surface area contributed by atoms with E-state index in [0.717, 1.165) is 5.56 Å². The van der Waals surface area contributed by atoms with E-state index in [4.69, 9.17) is 9.84 Å². The van der Waals surface area contributed by atoms with Gasteiger partial charge in [-0.25, -0.2) is 14.6 Å². The molecule has 4 N–H and O–H groups in total. The fourth-order valence-electron chi connectivity index (χ4n) is 2.03. The van der Waals surface area contributed by atoms with Crippen LogP contribution < -0.4 is 10.6 Å². The number of carbonyl (C=O) groups excluding carboxylic acids is 2. The number of amides is 2. The molecule has 1 heterocycles. The molecule has 2 aromatic rings. The molecule has 10 heteroatoms. The number of esters is 1. The van der Waals surface area contributed by atoms with Gasteiger partial charge in [-0.3, -0.25) is 9.89 Å². The van der Waals surface area contributed by atoms with Crippen LogP contribution in [0.4, 0.5) is 4.79 Å². The smallest absolute Gasteiger partial charge is 0.375 e. The molecule has 0 saturated carbocycles. The second-order valence-electron chi connectivity index (χ2n) is 5.18. The van der Waals surface area contributed by atoms with Crippen LogP contribution in [0.3, 0.4) is 0 Å². The molecular formula is C16H19N5O5. The number of aliphatic carboxylic acids is 1. The molecule has 0 aliphatic carbocycles. The maximum absolute atomic E-state index is 11.6. The minimum atomic E-state index is -0.980. The second kappa shape index (κ2) is 9.16. The maximum Gasteiger partial charge on any atom is 0.375 e. The fraction of sp³-hybridized carbons (Fsp3) is 0.312. The molecule has 26 heavy (non-hydrogen) atoms. The Morgan fingerprint density at radius 2 is 2.08 bits per heavy atom. The van der Waals surface area contributed by atoms with Crippen LogP contribution in [0.5, 0.6) is 0 Å². The monoisotopic (exact) mass is 361 g/mol. The second-order valence-corrected chi connectivity index (χ2v) is 5.18. The van der Waals surface area contributed by atoms with Gasteiger partial charge in [0.2, 0.25) is 5.82 Å². The van der Waals surface area contributed by atoms with Crippen molar-refractivity contribution in [1.29, 1.82) is 0 Å². The quantitative estimate of drug-likeness (QED) is 0.511. The van der Waals surface area contributed by atoms with Gasteiger partial charge in [0, 0.05) is 18.7 Å². The predicted octanol–water partition coefficient (Wildman–Crippen LogP) is 0.922. The van der Waals surface area contributed by atoms with Gasteiger partial charge in [0.25, 0.3) is 0 Å². The molecule has 0 spiro atoms. The van der Waals surface area contributed by atoms with E-state index in [2.05, 4.69) is 25.8 Å². The summed E-state index contributed by atoms with van der Waals surface area (Å²) >= 11 is 0. The molecule has 0 fully saturated rings. The van der Waals surface area contributed by atoms with Crippen LogP contribution in [0.15, 0.2) is 24.3 Å². The lowest BCUT2D eigenvalue weighted by molar-refractivity contribution is -0.136. The van der Waals surface area contributed by atoms with Crippen LogP contribution in [0.25, 0.3) is 11.4 Å². The highest BCUT2D eigenvalue weighted by atomic mass is 16.5. The van der Waals surface area contributed by atoms with E-state index >= 15 is 0 Å². The standard InChI is InChI=1S/C16H19N5O5/c1-2-26-15(24)14-19-13(20-21-14)11-5-3-4-10(8-11)9-18-16(25)17-7-6-12(22)23/h3-5,8H,2,6-7,9H2,1H3,(H,22,23)(H2,17,18,25)(H,19,20,21). The molecule has 2 rings (SSSR count). The summed E-state index contributed by atoms with van der Waals surface area (Å²) in [6.07, 6.45) is -0.142. The zero-order chi connectivity index (χ0) is 18.9. The van der Waals surface area contributed by atoms with Crippen molar-refractivity contribution in [3.8, 4) is 11.4 Å². The van der Waals surface area contributed by atoms with Crippen molar-refractivity contribution in [2.45, 2.75) is 19.9 Å². The van der Waals surface area contributed by atoms with Crippen molar-refractivity contribution in [3.05, 3.63) is 35.7 Å². The summed E-state index contributed by atoms with van der Waals surface area (Å²) in [5.74, 6) is -1.21. The topological polar surface area (TPSA) is 146 Å². The van der Waals surface area contributed by atoms with Crippen LogP contribution in [-0.2, 0) is 16.1 Å². The summed E-state index contributed by atoms with van der Waals surface area (Å²) in [4.78, 5) is 37.7. The van der Waals surface area contributed by atoms with Gasteiger partial charge in [-0.15, -0.1) is 0 Å². The van der Waals surface area contributed by atoms with Gasteiger partial charge < -0.3 is 20.5 Å². The number of aromatic amines is 1. The van der Waals surface area contributed by atoms with E-state index in [0.29, 0.717) is 11.4 Å². The molecule has 1 aromatic heterocycles. The minimum absolute atomic E-state index is 0.0168. The summed E-state index contributed by atoms with van der Waals surface area (Å²) in [6, 6.07) is 6.67. The number of nitrogens with one attached hydrogen (secondary N) is 3. The molecule has 0 aliphatic rings. The van der Waals surface area contributed by atoms with Crippen LogP contribution in [0.2, 0.25) is 0 Å². The van der Waals surface area contributed by atoms with Crippen LogP contribution in [0, 0.1) is 0 Å². The van der Waals surface area contributed by atoms with Gasteiger partial charge in [0.15, 0.2) is 5.82 Å². The number of carboxylic acids is 1. The number of nitrogens with zero attached hydrogens (tertiary/aromatic N) is 2. The molecule has 2 amide bonds.